The molecule has 0 fully saturated rings. The molecule has 4 rings (SSSR count). The molecule has 0 unspecified atom stereocenters. The fourth-order valence-corrected chi connectivity index (χ4v) is 3.68. The molecular weight excluding hydrogens is 456 g/mol. The largest absolute Gasteiger partial charge is 0.503 e. The van der Waals surface area contributed by atoms with E-state index in [1.165, 1.54) is 17.4 Å². The molecule has 3 N–H and O–H groups in total. The molecule has 3 aromatic heterocycles. The van der Waals surface area contributed by atoms with E-state index in [1.807, 2.05) is 41.1 Å². The van der Waals surface area contributed by atoms with Crippen molar-refractivity contribution in [3.05, 3.63) is 98.6 Å². The van der Waals surface area contributed by atoms with E-state index in [0.29, 0.717) is 15.8 Å². The minimum Gasteiger partial charge on any atom is -0.450 e. The Kier molecular flexibility index (Phi) is 7.42. The molecule has 9 nitrogen and oxygen atoms in total. The molecular formula is C21H17ClN4O5S. The second kappa shape index (κ2) is 10.4. The smallest absolute Gasteiger partial charge is 0.450 e. The highest BCUT2D eigenvalue weighted by atomic mass is 35.5. The van der Waals surface area contributed by atoms with Gasteiger partial charge in [-0.3, -0.25) is 14.2 Å². The second-order valence-electron chi connectivity index (χ2n) is 6.27. The third-order valence-electron chi connectivity index (χ3n) is 4.11. The van der Waals surface area contributed by atoms with Crippen LogP contribution in [0.4, 0.5) is 4.79 Å². The van der Waals surface area contributed by atoms with Crippen LogP contribution >= 0.6 is 22.9 Å². The van der Waals surface area contributed by atoms with Gasteiger partial charge in [0, 0.05) is 29.8 Å². The van der Waals surface area contributed by atoms with Gasteiger partial charge in [0.05, 0.1) is 27.8 Å². The number of aromatic nitrogens is 3. The van der Waals surface area contributed by atoms with Crippen molar-refractivity contribution in [1.29, 1.82) is 0 Å². The summed E-state index contributed by atoms with van der Waals surface area (Å²) < 4.78 is 4.02. The Morgan fingerprint density at radius 3 is 2.34 bits per heavy atom. The van der Waals surface area contributed by atoms with Gasteiger partial charge in [-0.25, -0.2) is 9.78 Å². The zero-order chi connectivity index (χ0) is 23.1. The number of nitrogens with one attached hydrogen (secondary N) is 1. The molecule has 0 saturated heterocycles. The lowest BCUT2D eigenvalue weighted by Gasteiger charge is -2.07. The topological polar surface area (TPSA) is 126 Å². The van der Waals surface area contributed by atoms with Gasteiger partial charge >= 0.3 is 6.16 Å². The van der Waals surface area contributed by atoms with E-state index in [4.69, 9.17) is 26.6 Å². The molecule has 1 amide bonds. The lowest BCUT2D eigenvalue weighted by atomic mass is 10.2. The molecule has 4 aromatic rings. The van der Waals surface area contributed by atoms with Gasteiger partial charge in [0.1, 0.15) is 0 Å². The number of imidazole rings is 1. The number of nitrogens with zero attached hydrogens (tertiary/aromatic N) is 3. The summed E-state index contributed by atoms with van der Waals surface area (Å²) in [5.41, 5.74) is 2.35. The van der Waals surface area contributed by atoms with Crippen molar-refractivity contribution in [3.8, 4) is 11.4 Å². The molecule has 32 heavy (non-hydrogen) atoms. The Morgan fingerprint density at radius 1 is 1.03 bits per heavy atom. The van der Waals surface area contributed by atoms with E-state index >= 15 is 0 Å². The van der Waals surface area contributed by atoms with Gasteiger partial charge in [0.25, 0.3) is 11.5 Å². The van der Waals surface area contributed by atoms with Crippen molar-refractivity contribution in [2.75, 3.05) is 0 Å². The van der Waals surface area contributed by atoms with Crippen LogP contribution in [0.2, 0.25) is 4.34 Å². The van der Waals surface area contributed by atoms with Gasteiger partial charge in [-0.05, 0) is 42.5 Å². The summed E-state index contributed by atoms with van der Waals surface area (Å²) in [7, 11) is 0. The molecule has 0 aliphatic rings. The van der Waals surface area contributed by atoms with Crippen LogP contribution in [0, 0.1) is 0 Å². The SMILES string of the molecule is O=C(NCc1cn(-c2ccc(-n3ccccc3=O)cc2)cn1)c1ccc(Cl)s1.O=C(O)O. The maximum atomic E-state index is 12.1. The van der Waals surface area contributed by atoms with Crippen molar-refractivity contribution in [2.45, 2.75) is 6.54 Å². The number of pyridine rings is 1. The quantitative estimate of drug-likeness (QED) is 0.404. The van der Waals surface area contributed by atoms with E-state index in [9.17, 15) is 9.59 Å². The zero-order valence-electron chi connectivity index (χ0n) is 16.4. The number of halogens is 1. The van der Waals surface area contributed by atoms with Crippen LogP contribution in [-0.4, -0.2) is 36.4 Å². The number of carboxylic acid groups (broad SMARTS) is 2. The van der Waals surface area contributed by atoms with Crippen molar-refractivity contribution >= 4 is 35.0 Å². The molecule has 1 aromatic carbocycles. The molecule has 0 atom stereocenters. The number of benzene rings is 1. The van der Waals surface area contributed by atoms with Crippen molar-refractivity contribution in [3.63, 3.8) is 0 Å². The summed E-state index contributed by atoms with van der Waals surface area (Å²) >= 11 is 7.09. The summed E-state index contributed by atoms with van der Waals surface area (Å²) in [4.78, 5) is 37.5. The minimum absolute atomic E-state index is 0.0806. The molecule has 0 saturated carbocycles. The first-order valence-corrected chi connectivity index (χ1v) is 10.3. The van der Waals surface area contributed by atoms with Gasteiger partial charge in [-0.2, -0.15) is 0 Å². The van der Waals surface area contributed by atoms with Crippen molar-refractivity contribution in [1.82, 2.24) is 19.4 Å². The molecule has 164 valence electrons. The van der Waals surface area contributed by atoms with Crippen LogP contribution < -0.4 is 10.9 Å². The number of thiophene rings is 1. The summed E-state index contributed by atoms with van der Waals surface area (Å²) in [6, 6.07) is 16.0. The average molecular weight is 473 g/mol. The third kappa shape index (κ3) is 6.06. The van der Waals surface area contributed by atoms with E-state index in [1.54, 1.807) is 35.3 Å². The first-order valence-electron chi connectivity index (χ1n) is 9.10. The molecule has 0 aliphatic carbocycles. The standard InChI is InChI=1S/C20H15ClN4O2S.CH2O3/c21-18-9-8-17(28-18)20(27)22-11-14-12-24(13-23-14)15-4-6-16(7-5-15)25-10-2-1-3-19(25)26;2-1(3)4/h1-10,12-13H,11H2,(H,22,27);(H2,2,3,4). The first kappa shape index (κ1) is 22.8. The fourth-order valence-electron chi connectivity index (χ4n) is 2.72. The number of rotatable bonds is 5. The number of amides is 1. The molecule has 3 heterocycles. The highest BCUT2D eigenvalue weighted by molar-refractivity contribution is 7.17. The van der Waals surface area contributed by atoms with Gasteiger partial charge in [0.2, 0.25) is 0 Å². The predicted octanol–water partition coefficient (Wildman–Crippen LogP) is 3.89. The normalized spacial score (nSPS) is 10.2. The summed E-state index contributed by atoms with van der Waals surface area (Å²) in [5.74, 6) is -0.177. The molecule has 0 radical (unpaired) electrons. The van der Waals surface area contributed by atoms with Gasteiger partial charge in [0.15, 0.2) is 0 Å². The second-order valence-corrected chi connectivity index (χ2v) is 7.98. The molecule has 0 aliphatic heterocycles. The summed E-state index contributed by atoms with van der Waals surface area (Å²) in [6.45, 7) is 0.318. The Balaban J connectivity index is 0.000000668. The van der Waals surface area contributed by atoms with Crippen LogP contribution in [0.5, 0.6) is 0 Å². The Morgan fingerprint density at radius 2 is 1.72 bits per heavy atom. The maximum absolute atomic E-state index is 12.1. The number of hydrogen-bond donors (Lipinski definition) is 3. The van der Waals surface area contributed by atoms with Gasteiger partial charge in [-0.15, -0.1) is 11.3 Å². The molecule has 0 spiro atoms. The van der Waals surface area contributed by atoms with E-state index in [-0.39, 0.29) is 11.5 Å². The molecule has 11 heteroatoms. The average Bonchev–Trinajstić information content (AvgIpc) is 3.41. The van der Waals surface area contributed by atoms with Gasteiger partial charge in [-0.1, -0.05) is 17.7 Å². The van der Waals surface area contributed by atoms with Crippen LogP contribution in [0.3, 0.4) is 0 Å². The Bertz CT molecular complexity index is 1280. The number of carbonyl (C=O) groups excluding carboxylic acids is 1. The first-order chi connectivity index (χ1) is 15.3. The predicted molar refractivity (Wildman–Crippen MR) is 120 cm³/mol. The third-order valence-corrected chi connectivity index (χ3v) is 5.34. The minimum atomic E-state index is -1.83. The van der Waals surface area contributed by atoms with E-state index in [0.717, 1.165) is 17.1 Å². The monoisotopic (exact) mass is 472 g/mol. The van der Waals surface area contributed by atoms with Crippen LogP contribution in [0.15, 0.2) is 78.1 Å². The summed E-state index contributed by atoms with van der Waals surface area (Å²) in [6.07, 6.45) is 3.44. The van der Waals surface area contributed by atoms with Gasteiger partial charge < -0.3 is 20.1 Å². The lowest BCUT2D eigenvalue weighted by Crippen LogP contribution is -2.21. The zero-order valence-corrected chi connectivity index (χ0v) is 18.0. The van der Waals surface area contributed by atoms with E-state index in [2.05, 4.69) is 10.3 Å². The van der Waals surface area contributed by atoms with Crippen LogP contribution in [0.1, 0.15) is 15.4 Å². The molecule has 0 bridgehead atoms. The maximum Gasteiger partial charge on any atom is 0.503 e. The summed E-state index contributed by atoms with van der Waals surface area (Å²) in [5, 5.41) is 16.8. The number of carbonyl (C=O) groups is 2. The van der Waals surface area contributed by atoms with Crippen molar-refractivity contribution in [2.24, 2.45) is 0 Å². The van der Waals surface area contributed by atoms with Crippen LogP contribution in [0.25, 0.3) is 11.4 Å². The van der Waals surface area contributed by atoms with Crippen LogP contribution in [-0.2, 0) is 6.54 Å². The Labute approximate surface area is 190 Å². The lowest BCUT2D eigenvalue weighted by molar-refractivity contribution is 0.0954. The van der Waals surface area contributed by atoms with E-state index < -0.39 is 6.16 Å². The number of hydrogen-bond acceptors (Lipinski definition) is 5. The highest BCUT2D eigenvalue weighted by Gasteiger charge is 2.09. The highest BCUT2D eigenvalue weighted by Crippen LogP contribution is 2.21. The Hall–Kier alpha value is -3.89. The van der Waals surface area contributed by atoms with Crippen molar-refractivity contribution < 1.29 is 19.8 Å². The fraction of sp³-hybridized carbons (Fsp3) is 0.0476.